The summed E-state index contributed by atoms with van der Waals surface area (Å²) in [6, 6.07) is 4.62. The fourth-order valence-electron chi connectivity index (χ4n) is 4.32. The maximum Gasteiger partial charge on any atom is 0.309 e. The van der Waals surface area contributed by atoms with Crippen molar-refractivity contribution >= 4 is 33.3 Å². The summed E-state index contributed by atoms with van der Waals surface area (Å²) in [5, 5.41) is 10.3. The number of aliphatic carboxylic acids is 1. The van der Waals surface area contributed by atoms with E-state index < -0.39 is 11.9 Å². The summed E-state index contributed by atoms with van der Waals surface area (Å²) >= 11 is 1.34. The van der Waals surface area contributed by atoms with Gasteiger partial charge in [-0.2, -0.15) is 0 Å². The van der Waals surface area contributed by atoms with Crippen LogP contribution in [-0.4, -0.2) is 47.7 Å². The zero-order valence-corrected chi connectivity index (χ0v) is 15.9. The number of carbonyl (C=O) groups excluding carboxylic acids is 1. The molecule has 1 aromatic carbocycles. The van der Waals surface area contributed by atoms with Gasteiger partial charge in [0.25, 0.3) is 5.91 Å². The topological polar surface area (TPSA) is 66.8 Å². The van der Waals surface area contributed by atoms with Crippen LogP contribution in [0, 0.1) is 24.6 Å². The average Bonchev–Trinajstić information content (AvgIpc) is 3.26. The van der Waals surface area contributed by atoms with Crippen molar-refractivity contribution in [1.82, 2.24) is 4.90 Å². The Hall–Kier alpha value is -1.99. The largest absolute Gasteiger partial charge is 0.481 e. The molecule has 2 aliphatic heterocycles. The molecule has 7 heteroatoms. The van der Waals surface area contributed by atoms with Crippen LogP contribution in [0.15, 0.2) is 18.2 Å². The molecule has 1 aromatic heterocycles. The Morgan fingerprint density at radius 1 is 1.26 bits per heavy atom. The zero-order valence-electron chi connectivity index (χ0n) is 15.1. The maximum atomic E-state index is 13.5. The first-order chi connectivity index (χ1) is 13.0. The van der Waals surface area contributed by atoms with Crippen LogP contribution in [0.1, 0.15) is 34.5 Å². The number of ether oxygens (including phenoxy) is 1. The van der Waals surface area contributed by atoms with E-state index in [1.165, 1.54) is 23.5 Å². The zero-order chi connectivity index (χ0) is 19.1. The van der Waals surface area contributed by atoms with Crippen LogP contribution in [0.25, 0.3) is 10.1 Å². The van der Waals surface area contributed by atoms with Crippen LogP contribution < -0.4 is 0 Å². The number of benzene rings is 1. The number of halogens is 1. The van der Waals surface area contributed by atoms with Crippen molar-refractivity contribution in [2.45, 2.75) is 32.3 Å². The summed E-state index contributed by atoms with van der Waals surface area (Å²) in [6.45, 7) is 3.59. The summed E-state index contributed by atoms with van der Waals surface area (Å²) in [4.78, 5) is 26.9. The number of rotatable bonds is 3. The Bertz CT molecular complexity index is 887. The summed E-state index contributed by atoms with van der Waals surface area (Å²) in [5.41, 5.74) is 0.896. The minimum Gasteiger partial charge on any atom is -0.481 e. The van der Waals surface area contributed by atoms with E-state index in [1.54, 1.807) is 6.07 Å². The van der Waals surface area contributed by atoms with Crippen molar-refractivity contribution in [1.29, 1.82) is 0 Å². The smallest absolute Gasteiger partial charge is 0.309 e. The lowest BCUT2D eigenvalue weighted by molar-refractivity contribution is -0.145. The predicted octanol–water partition coefficient (Wildman–Crippen LogP) is 3.69. The molecule has 0 radical (unpaired) electrons. The molecule has 1 N–H and O–H groups in total. The van der Waals surface area contributed by atoms with Crippen LogP contribution in [0.5, 0.6) is 0 Å². The van der Waals surface area contributed by atoms with Crippen LogP contribution in [0.3, 0.4) is 0 Å². The fourth-order valence-corrected chi connectivity index (χ4v) is 5.52. The lowest BCUT2D eigenvalue weighted by Gasteiger charge is -2.35. The monoisotopic (exact) mass is 391 g/mol. The molecule has 2 atom stereocenters. The van der Waals surface area contributed by atoms with E-state index in [0.717, 1.165) is 28.5 Å². The Balaban J connectivity index is 1.46. The molecule has 0 bridgehead atoms. The highest BCUT2D eigenvalue weighted by Gasteiger charge is 2.41. The summed E-state index contributed by atoms with van der Waals surface area (Å²) < 4.78 is 20.0. The highest BCUT2D eigenvalue weighted by Crippen LogP contribution is 2.36. The lowest BCUT2D eigenvalue weighted by atomic mass is 9.84. The second-order valence-corrected chi connectivity index (χ2v) is 8.45. The van der Waals surface area contributed by atoms with E-state index >= 15 is 0 Å². The first kappa shape index (κ1) is 18.4. The molecule has 2 saturated heterocycles. The predicted molar refractivity (Wildman–Crippen MR) is 101 cm³/mol. The molecule has 1 unspecified atom stereocenters. The molecule has 1 amide bonds. The second kappa shape index (κ2) is 7.20. The Morgan fingerprint density at radius 3 is 2.70 bits per heavy atom. The molecule has 0 spiro atoms. The number of carboxylic acids is 1. The van der Waals surface area contributed by atoms with Crippen LogP contribution >= 0.6 is 11.3 Å². The SMILES string of the molecule is Cc1c(C(=O)N2CCC([C@@H]3OCCC3C(=O)O)CC2)sc2cc(F)ccc12. The Labute approximate surface area is 160 Å². The molecule has 4 rings (SSSR count). The first-order valence-corrected chi connectivity index (χ1v) is 10.1. The fraction of sp³-hybridized carbons (Fsp3) is 0.500. The van der Waals surface area contributed by atoms with Gasteiger partial charge < -0.3 is 14.7 Å². The highest BCUT2D eigenvalue weighted by atomic mass is 32.1. The summed E-state index contributed by atoms with van der Waals surface area (Å²) in [7, 11) is 0. The molecule has 2 aliphatic rings. The normalized spacial score (nSPS) is 23.9. The van der Waals surface area contributed by atoms with Gasteiger partial charge in [0.1, 0.15) is 5.82 Å². The van der Waals surface area contributed by atoms with Gasteiger partial charge in [-0.3, -0.25) is 9.59 Å². The third kappa shape index (κ3) is 3.34. The van der Waals surface area contributed by atoms with E-state index in [-0.39, 0.29) is 23.7 Å². The molecular formula is C20H22FNO4S. The lowest BCUT2D eigenvalue weighted by Crippen LogP contribution is -2.43. The first-order valence-electron chi connectivity index (χ1n) is 9.28. The van der Waals surface area contributed by atoms with E-state index in [4.69, 9.17) is 4.74 Å². The van der Waals surface area contributed by atoms with Gasteiger partial charge in [-0.25, -0.2) is 4.39 Å². The van der Waals surface area contributed by atoms with E-state index in [1.807, 2.05) is 11.8 Å². The molecule has 2 fully saturated rings. The number of thiophene rings is 1. The third-order valence-electron chi connectivity index (χ3n) is 5.84. The van der Waals surface area contributed by atoms with Crippen LogP contribution in [0.4, 0.5) is 4.39 Å². The van der Waals surface area contributed by atoms with Gasteiger partial charge in [0.2, 0.25) is 0 Å². The van der Waals surface area contributed by atoms with Gasteiger partial charge in [0, 0.05) is 24.4 Å². The van der Waals surface area contributed by atoms with Gasteiger partial charge in [0.05, 0.1) is 16.9 Å². The van der Waals surface area contributed by atoms with Gasteiger partial charge in [-0.15, -0.1) is 11.3 Å². The molecule has 144 valence electrons. The summed E-state index contributed by atoms with van der Waals surface area (Å²) in [6.07, 6.45) is 1.82. The van der Waals surface area contributed by atoms with Crippen LogP contribution in [-0.2, 0) is 9.53 Å². The molecule has 0 aliphatic carbocycles. The standard InChI is InChI=1S/C20H22FNO4S/c1-11-14-3-2-13(21)10-16(14)27-18(11)19(23)22-7-4-12(5-8-22)17-15(20(24)25)6-9-26-17/h2-3,10,12,15,17H,4-9H2,1H3,(H,24,25)/t15?,17-/m0/s1. The second-order valence-electron chi connectivity index (χ2n) is 7.40. The minimum atomic E-state index is -0.788. The van der Waals surface area contributed by atoms with Crippen molar-refractivity contribution in [2.75, 3.05) is 19.7 Å². The molecule has 27 heavy (non-hydrogen) atoms. The van der Waals surface area contributed by atoms with Crippen molar-refractivity contribution in [3.8, 4) is 0 Å². The number of carbonyl (C=O) groups is 2. The van der Waals surface area contributed by atoms with E-state index in [0.29, 0.717) is 31.0 Å². The number of piperidine rings is 1. The van der Waals surface area contributed by atoms with Crippen LogP contribution in [0.2, 0.25) is 0 Å². The number of hydrogen-bond acceptors (Lipinski definition) is 4. The average molecular weight is 391 g/mol. The molecule has 0 saturated carbocycles. The third-order valence-corrected chi connectivity index (χ3v) is 7.08. The van der Waals surface area contributed by atoms with Crippen molar-refractivity contribution in [2.24, 2.45) is 11.8 Å². The molecule has 3 heterocycles. The van der Waals surface area contributed by atoms with E-state index in [2.05, 4.69) is 0 Å². The molecular weight excluding hydrogens is 369 g/mol. The maximum absolute atomic E-state index is 13.5. The number of aryl methyl sites for hydroxylation is 1. The van der Waals surface area contributed by atoms with Crippen molar-refractivity contribution in [3.05, 3.63) is 34.5 Å². The van der Waals surface area contributed by atoms with Gasteiger partial charge in [-0.1, -0.05) is 6.07 Å². The number of fused-ring (bicyclic) bond motifs is 1. The quantitative estimate of drug-likeness (QED) is 0.867. The number of hydrogen-bond donors (Lipinski definition) is 1. The van der Waals surface area contributed by atoms with Gasteiger partial charge in [-0.05, 0) is 55.2 Å². The van der Waals surface area contributed by atoms with Crippen molar-refractivity contribution < 1.29 is 23.8 Å². The number of likely N-dealkylation sites (tertiary alicyclic amines) is 1. The van der Waals surface area contributed by atoms with E-state index in [9.17, 15) is 19.1 Å². The highest BCUT2D eigenvalue weighted by molar-refractivity contribution is 7.21. The number of carboxylic acid groups (broad SMARTS) is 1. The van der Waals surface area contributed by atoms with Crippen molar-refractivity contribution in [3.63, 3.8) is 0 Å². The molecule has 2 aromatic rings. The number of amides is 1. The molecule has 5 nitrogen and oxygen atoms in total. The Kier molecular flexibility index (Phi) is 4.90. The minimum absolute atomic E-state index is 0.0188. The Morgan fingerprint density at radius 2 is 2.00 bits per heavy atom. The van der Waals surface area contributed by atoms with Gasteiger partial charge >= 0.3 is 5.97 Å². The summed E-state index contributed by atoms with van der Waals surface area (Å²) in [5.74, 6) is -1.36. The van der Waals surface area contributed by atoms with Gasteiger partial charge in [0.15, 0.2) is 0 Å². The number of nitrogens with zero attached hydrogens (tertiary/aromatic N) is 1.